The zero-order valence-corrected chi connectivity index (χ0v) is 7.96. The molecule has 0 atom stereocenters. The molecule has 0 saturated carbocycles. The van der Waals surface area contributed by atoms with Crippen molar-refractivity contribution in [3.05, 3.63) is 42.2 Å². The molecule has 0 spiro atoms. The van der Waals surface area contributed by atoms with E-state index in [4.69, 9.17) is 14.3 Å². The van der Waals surface area contributed by atoms with Crippen LogP contribution in [0.4, 0.5) is 0 Å². The van der Waals surface area contributed by atoms with Gasteiger partial charge in [-0.2, -0.15) is 0 Å². The Labute approximate surface area is 86.4 Å². The molecule has 1 N–H and O–H groups in total. The number of furan rings is 1. The molecule has 0 fully saturated rings. The van der Waals surface area contributed by atoms with E-state index in [1.165, 1.54) is 12.4 Å². The van der Waals surface area contributed by atoms with Gasteiger partial charge in [-0.3, -0.25) is 4.98 Å². The van der Waals surface area contributed by atoms with Crippen molar-refractivity contribution in [3.8, 4) is 5.88 Å². The first-order valence-electron chi connectivity index (χ1n) is 4.45. The van der Waals surface area contributed by atoms with Crippen molar-refractivity contribution < 1.29 is 14.3 Å². The third-order valence-corrected chi connectivity index (χ3v) is 1.77. The largest absolute Gasteiger partial charge is 0.468 e. The molecule has 0 bridgehead atoms. The van der Waals surface area contributed by atoms with Crippen molar-refractivity contribution in [2.24, 2.45) is 0 Å². The van der Waals surface area contributed by atoms with E-state index in [1.54, 1.807) is 12.3 Å². The second kappa shape index (κ2) is 4.56. The maximum atomic E-state index is 8.84. The average Bonchev–Trinajstić information content (AvgIpc) is 2.79. The van der Waals surface area contributed by atoms with Crippen LogP contribution in [-0.4, -0.2) is 15.1 Å². The van der Waals surface area contributed by atoms with Gasteiger partial charge in [0.25, 0.3) is 0 Å². The highest BCUT2D eigenvalue weighted by Crippen LogP contribution is 2.09. The van der Waals surface area contributed by atoms with E-state index in [-0.39, 0.29) is 6.61 Å². The summed E-state index contributed by atoms with van der Waals surface area (Å²) in [5.41, 5.74) is 0.479. The maximum absolute atomic E-state index is 8.84. The van der Waals surface area contributed by atoms with E-state index >= 15 is 0 Å². The van der Waals surface area contributed by atoms with Crippen LogP contribution in [0, 0.1) is 0 Å². The predicted molar refractivity (Wildman–Crippen MR) is 51.0 cm³/mol. The van der Waals surface area contributed by atoms with E-state index in [1.807, 2.05) is 6.07 Å². The molecule has 0 aliphatic heterocycles. The summed E-state index contributed by atoms with van der Waals surface area (Å²) < 4.78 is 10.4. The van der Waals surface area contributed by atoms with Crippen LogP contribution in [0.3, 0.4) is 0 Å². The Morgan fingerprint density at radius 2 is 2.33 bits per heavy atom. The molecule has 0 aromatic carbocycles. The van der Waals surface area contributed by atoms with Crippen molar-refractivity contribution in [1.29, 1.82) is 0 Å². The Balaban J connectivity index is 1.98. The molecule has 0 unspecified atom stereocenters. The van der Waals surface area contributed by atoms with Gasteiger partial charge in [-0.15, -0.1) is 0 Å². The third-order valence-electron chi connectivity index (χ3n) is 1.77. The quantitative estimate of drug-likeness (QED) is 0.812. The molecular weight excluding hydrogens is 196 g/mol. The molecule has 5 nitrogen and oxygen atoms in total. The van der Waals surface area contributed by atoms with E-state index in [2.05, 4.69) is 9.97 Å². The lowest BCUT2D eigenvalue weighted by atomic mass is 10.5. The summed E-state index contributed by atoms with van der Waals surface area (Å²) in [6.07, 6.45) is 4.55. The van der Waals surface area contributed by atoms with Gasteiger partial charge in [-0.1, -0.05) is 0 Å². The average molecular weight is 206 g/mol. The summed E-state index contributed by atoms with van der Waals surface area (Å²) >= 11 is 0. The number of nitrogens with zero attached hydrogens (tertiary/aromatic N) is 2. The molecule has 5 heteroatoms. The van der Waals surface area contributed by atoms with Gasteiger partial charge in [0.1, 0.15) is 12.4 Å². The van der Waals surface area contributed by atoms with Crippen molar-refractivity contribution in [3.63, 3.8) is 0 Å². The SMILES string of the molecule is OCc1cncc(OCc2ccco2)n1. The standard InChI is InChI=1S/C10H10N2O3/c13-6-8-4-11-5-10(12-8)15-7-9-2-1-3-14-9/h1-5,13H,6-7H2. The van der Waals surface area contributed by atoms with E-state index < -0.39 is 0 Å². The molecule has 0 aliphatic carbocycles. The molecule has 2 rings (SSSR count). The van der Waals surface area contributed by atoms with Crippen molar-refractivity contribution in [2.75, 3.05) is 0 Å². The second-order valence-corrected chi connectivity index (χ2v) is 2.87. The summed E-state index contributed by atoms with van der Waals surface area (Å²) in [5, 5.41) is 8.84. The number of hydrogen-bond donors (Lipinski definition) is 1. The van der Waals surface area contributed by atoms with Crippen molar-refractivity contribution in [2.45, 2.75) is 13.2 Å². The molecule has 2 aromatic heterocycles. The van der Waals surface area contributed by atoms with Crippen LogP contribution >= 0.6 is 0 Å². The molecule has 15 heavy (non-hydrogen) atoms. The van der Waals surface area contributed by atoms with Crippen LogP contribution in [0.5, 0.6) is 5.88 Å². The summed E-state index contributed by atoms with van der Waals surface area (Å²) in [6, 6.07) is 3.60. The predicted octanol–water partition coefficient (Wildman–Crippen LogP) is 1.14. The molecule has 2 aromatic rings. The highest BCUT2D eigenvalue weighted by Gasteiger charge is 2.00. The Bertz CT molecular complexity index is 414. The first-order valence-corrected chi connectivity index (χ1v) is 4.45. The number of aliphatic hydroxyl groups excluding tert-OH is 1. The topological polar surface area (TPSA) is 68.4 Å². The molecule has 0 radical (unpaired) electrons. The highest BCUT2D eigenvalue weighted by molar-refractivity contribution is 5.08. The van der Waals surface area contributed by atoms with Gasteiger partial charge in [0, 0.05) is 0 Å². The fraction of sp³-hybridized carbons (Fsp3) is 0.200. The van der Waals surface area contributed by atoms with Gasteiger partial charge < -0.3 is 14.3 Å². The van der Waals surface area contributed by atoms with Crippen LogP contribution < -0.4 is 4.74 Å². The number of hydrogen-bond acceptors (Lipinski definition) is 5. The molecule has 0 aliphatic rings. The maximum Gasteiger partial charge on any atom is 0.233 e. The van der Waals surface area contributed by atoms with Crippen LogP contribution in [0.1, 0.15) is 11.5 Å². The smallest absolute Gasteiger partial charge is 0.233 e. The highest BCUT2D eigenvalue weighted by atomic mass is 16.5. The lowest BCUT2D eigenvalue weighted by Gasteiger charge is -2.03. The van der Waals surface area contributed by atoms with Crippen LogP contribution in [0.15, 0.2) is 35.2 Å². The summed E-state index contributed by atoms with van der Waals surface area (Å²) in [4.78, 5) is 7.89. The molecule has 78 valence electrons. The fourth-order valence-corrected chi connectivity index (χ4v) is 1.07. The molecule has 0 amide bonds. The van der Waals surface area contributed by atoms with Crippen LogP contribution in [0.25, 0.3) is 0 Å². The van der Waals surface area contributed by atoms with Crippen LogP contribution in [-0.2, 0) is 13.2 Å². The summed E-state index contributed by atoms with van der Waals surface area (Å²) in [7, 11) is 0. The van der Waals surface area contributed by atoms with Gasteiger partial charge in [0.05, 0.1) is 31.0 Å². The number of aliphatic hydroxyl groups is 1. The second-order valence-electron chi connectivity index (χ2n) is 2.87. The molecule has 0 saturated heterocycles. The normalized spacial score (nSPS) is 10.2. The number of rotatable bonds is 4. The molecular formula is C10H10N2O3. The number of ether oxygens (including phenoxy) is 1. The fourth-order valence-electron chi connectivity index (χ4n) is 1.07. The Morgan fingerprint density at radius 1 is 1.40 bits per heavy atom. The monoisotopic (exact) mass is 206 g/mol. The van der Waals surface area contributed by atoms with Gasteiger partial charge in [0.15, 0.2) is 0 Å². The van der Waals surface area contributed by atoms with Gasteiger partial charge in [-0.25, -0.2) is 4.98 Å². The Morgan fingerprint density at radius 3 is 3.07 bits per heavy atom. The minimum Gasteiger partial charge on any atom is -0.468 e. The van der Waals surface area contributed by atoms with Crippen molar-refractivity contribution in [1.82, 2.24) is 9.97 Å². The van der Waals surface area contributed by atoms with Crippen LogP contribution in [0.2, 0.25) is 0 Å². The van der Waals surface area contributed by atoms with Gasteiger partial charge in [-0.05, 0) is 12.1 Å². The van der Waals surface area contributed by atoms with Crippen molar-refractivity contribution >= 4 is 0 Å². The molecule has 2 heterocycles. The van der Waals surface area contributed by atoms with Gasteiger partial charge >= 0.3 is 0 Å². The summed E-state index contributed by atoms with van der Waals surface area (Å²) in [5.74, 6) is 1.09. The number of aromatic nitrogens is 2. The van der Waals surface area contributed by atoms with E-state index in [0.29, 0.717) is 23.9 Å². The Hall–Kier alpha value is -1.88. The van der Waals surface area contributed by atoms with E-state index in [9.17, 15) is 0 Å². The first-order chi connectivity index (χ1) is 7.38. The Kier molecular flexibility index (Phi) is 2.94. The zero-order valence-electron chi connectivity index (χ0n) is 7.96. The zero-order chi connectivity index (χ0) is 10.5. The lowest BCUT2D eigenvalue weighted by molar-refractivity contribution is 0.249. The minimum atomic E-state index is -0.148. The minimum absolute atomic E-state index is 0.148. The summed E-state index contributed by atoms with van der Waals surface area (Å²) in [6.45, 7) is 0.154. The third kappa shape index (κ3) is 2.54. The van der Waals surface area contributed by atoms with Gasteiger partial charge in [0.2, 0.25) is 5.88 Å². The van der Waals surface area contributed by atoms with E-state index in [0.717, 1.165) is 0 Å². The lowest BCUT2D eigenvalue weighted by Crippen LogP contribution is -1.99. The first kappa shape index (κ1) is 9.67.